The Bertz CT molecular complexity index is 708. The van der Waals surface area contributed by atoms with Gasteiger partial charge in [-0.2, -0.15) is 10.2 Å². The number of halogens is 2. The molecule has 3 N–H and O–H groups in total. The molecule has 0 spiro atoms. The lowest BCUT2D eigenvalue weighted by Crippen LogP contribution is -2.26. The van der Waals surface area contributed by atoms with Gasteiger partial charge in [0.2, 0.25) is 5.96 Å². The van der Waals surface area contributed by atoms with Crippen LogP contribution in [-0.2, 0) is 0 Å². The van der Waals surface area contributed by atoms with E-state index >= 15 is 0 Å². The first kappa shape index (κ1) is 16.0. The van der Waals surface area contributed by atoms with Crippen molar-refractivity contribution in [3.05, 3.63) is 69.7 Å². The molecule has 0 aliphatic heterocycles. The molecule has 0 saturated carbocycles. The highest BCUT2D eigenvalue weighted by Crippen LogP contribution is 2.12. The van der Waals surface area contributed by atoms with E-state index in [1.54, 1.807) is 24.4 Å². The fourth-order valence-corrected chi connectivity index (χ4v) is 1.79. The van der Waals surface area contributed by atoms with Crippen molar-refractivity contribution in [3.63, 3.8) is 0 Å². The van der Waals surface area contributed by atoms with E-state index in [0.717, 1.165) is 11.1 Å². The van der Waals surface area contributed by atoms with E-state index in [2.05, 4.69) is 20.7 Å². The number of nitrogens with zero attached hydrogens (tertiary/aromatic N) is 3. The maximum Gasteiger partial charge on any atom is 0.234 e. The van der Waals surface area contributed by atoms with Gasteiger partial charge in [0.1, 0.15) is 0 Å². The van der Waals surface area contributed by atoms with Gasteiger partial charge in [0.15, 0.2) is 0 Å². The lowest BCUT2D eigenvalue weighted by atomic mass is 10.2. The summed E-state index contributed by atoms with van der Waals surface area (Å²) in [6.45, 7) is 0. The second kappa shape index (κ2) is 8.17. The predicted octanol–water partition coefficient (Wildman–Crippen LogP) is 3.27. The molecule has 2 aromatic carbocycles. The number of hydrazone groups is 1. The summed E-state index contributed by atoms with van der Waals surface area (Å²) in [7, 11) is 0. The van der Waals surface area contributed by atoms with E-state index in [1.807, 2.05) is 30.3 Å². The maximum atomic E-state index is 5.98. The summed E-state index contributed by atoms with van der Waals surface area (Å²) in [5.41, 5.74) is 9.82. The minimum Gasteiger partial charge on any atom is -0.367 e. The minimum atomic E-state index is 0.0634. The van der Waals surface area contributed by atoms with Crippen LogP contribution in [0.4, 0.5) is 0 Å². The van der Waals surface area contributed by atoms with Crippen molar-refractivity contribution in [2.75, 3.05) is 0 Å². The molecule has 0 aromatic heterocycles. The van der Waals surface area contributed by atoms with Gasteiger partial charge in [-0.15, -0.1) is 5.10 Å². The Labute approximate surface area is 138 Å². The Balaban J connectivity index is 1.90. The molecule has 0 fully saturated rings. The second-order valence-electron chi connectivity index (χ2n) is 4.17. The SMILES string of the molecule is NC(=NN=Cc1ccccc1Cl)NN=Cc1ccc(Cl)cc1. The smallest absolute Gasteiger partial charge is 0.234 e. The van der Waals surface area contributed by atoms with E-state index in [4.69, 9.17) is 28.9 Å². The highest BCUT2D eigenvalue weighted by molar-refractivity contribution is 6.33. The summed E-state index contributed by atoms with van der Waals surface area (Å²) in [4.78, 5) is 0. The first-order valence-electron chi connectivity index (χ1n) is 6.31. The molecule has 0 amide bonds. The molecular weight excluding hydrogens is 321 g/mol. The highest BCUT2D eigenvalue weighted by Gasteiger charge is 1.93. The van der Waals surface area contributed by atoms with E-state index in [1.165, 1.54) is 6.21 Å². The van der Waals surface area contributed by atoms with Crippen LogP contribution >= 0.6 is 23.2 Å². The van der Waals surface area contributed by atoms with Gasteiger partial charge in [-0.05, 0) is 23.8 Å². The molecule has 0 saturated heterocycles. The average molecular weight is 334 g/mol. The number of rotatable bonds is 4. The summed E-state index contributed by atoms with van der Waals surface area (Å²) in [6, 6.07) is 14.5. The molecule has 2 aromatic rings. The first-order chi connectivity index (χ1) is 10.6. The van der Waals surface area contributed by atoms with Gasteiger partial charge in [0.25, 0.3) is 0 Å². The van der Waals surface area contributed by atoms with E-state index in [9.17, 15) is 0 Å². The van der Waals surface area contributed by atoms with E-state index in [0.29, 0.717) is 10.0 Å². The molecule has 0 aliphatic rings. The van der Waals surface area contributed by atoms with Crippen molar-refractivity contribution in [1.82, 2.24) is 5.43 Å². The Morgan fingerprint density at radius 2 is 1.73 bits per heavy atom. The van der Waals surface area contributed by atoms with Crippen LogP contribution < -0.4 is 11.2 Å². The van der Waals surface area contributed by atoms with E-state index in [-0.39, 0.29) is 5.96 Å². The number of hydrogen-bond acceptors (Lipinski definition) is 3. The molecular formula is C15H13Cl2N5. The Hall–Kier alpha value is -2.37. The number of nitrogens with two attached hydrogens (primary N) is 1. The molecule has 0 atom stereocenters. The lowest BCUT2D eigenvalue weighted by Gasteiger charge is -1.97. The van der Waals surface area contributed by atoms with Crippen LogP contribution in [0.15, 0.2) is 63.8 Å². The van der Waals surface area contributed by atoms with Gasteiger partial charge in [0.05, 0.1) is 12.4 Å². The fourth-order valence-electron chi connectivity index (χ4n) is 1.48. The summed E-state index contributed by atoms with van der Waals surface area (Å²) >= 11 is 11.8. The number of guanidine groups is 1. The number of hydrogen-bond donors (Lipinski definition) is 2. The van der Waals surface area contributed by atoms with Gasteiger partial charge in [-0.3, -0.25) is 0 Å². The van der Waals surface area contributed by atoms with E-state index < -0.39 is 0 Å². The van der Waals surface area contributed by atoms with Crippen LogP contribution in [0.5, 0.6) is 0 Å². The first-order valence-corrected chi connectivity index (χ1v) is 7.06. The maximum absolute atomic E-state index is 5.98. The van der Waals surface area contributed by atoms with Gasteiger partial charge >= 0.3 is 0 Å². The molecule has 5 nitrogen and oxygen atoms in total. The fraction of sp³-hybridized carbons (Fsp3) is 0. The van der Waals surface area contributed by atoms with Crippen LogP contribution in [-0.4, -0.2) is 18.4 Å². The zero-order valence-electron chi connectivity index (χ0n) is 11.4. The number of nitrogens with one attached hydrogen (secondary N) is 1. The van der Waals surface area contributed by atoms with Crippen LogP contribution in [0.2, 0.25) is 10.0 Å². The Morgan fingerprint density at radius 3 is 2.45 bits per heavy atom. The van der Waals surface area contributed by atoms with Crippen LogP contribution in [0.3, 0.4) is 0 Å². The molecule has 0 unspecified atom stereocenters. The molecule has 7 heteroatoms. The summed E-state index contributed by atoms with van der Waals surface area (Å²) < 4.78 is 0. The Morgan fingerprint density at radius 1 is 1.00 bits per heavy atom. The van der Waals surface area contributed by atoms with Gasteiger partial charge in [-0.25, -0.2) is 5.43 Å². The van der Waals surface area contributed by atoms with Crippen LogP contribution in [0.25, 0.3) is 0 Å². The quantitative estimate of drug-likeness (QED) is 0.512. The summed E-state index contributed by atoms with van der Waals surface area (Å²) in [5.74, 6) is 0.0634. The predicted molar refractivity (Wildman–Crippen MR) is 92.9 cm³/mol. The normalized spacial score (nSPS) is 12.2. The second-order valence-corrected chi connectivity index (χ2v) is 5.02. The largest absolute Gasteiger partial charge is 0.367 e. The molecule has 112 valence electrons. The van der Waals surface area contributed by atoms with Crippen molar-refractivity contribution < 1.29 is 0 Å². The van der Waals surface area contributed by atoms with Gasteiger partial charge in [-0.1, -0.05) is 53.5 Å². The topological polar surface area (TPSA) is 75.1 Å². The summed E-state index contributed by atoms with van der Waals surface area (Å²) in [6.07, 6.45) is 3.11. The third-order valence-electron chi connectivity index (χ3n) is 2.53. The van der Waals surface area contributed by atoms with Crippen molar-refractivity contribution in [1.29, 1.82) is 0 Å². The lowest BCUT2D eigenvalue weighted by molar-refractivity contribution is 0.994. The minimum absolute atomic E-state index is 0.0634. The van der Waals surface area contributed by atoms with Gasteiger partial charge in [0, 0.05) is 15.6 Å². The van der Waals surface area contributed by atoms with Gasteiger partial charge < -0.3 is 5.73 Å². The van der Waals surface area contributed by atoms with Crippen molar-refractivity contribution in [2.45, 2.75) is 0 Å². The van der Waals surface area contributed by atoms with Crippen molar-refractivity contribution >= 4 is 41.6 Å². The van der Waals surface area contributed by atoms with Crippen molar-refractivity contribution in [3.8, 4) is 0 Å². The zero-order chi connectivity index (χ0) is 15.8. The monoisotopic (exact) mass is 333 g/mol. The third kappa shape index (κ3) is 5.20. The molecule has 0 heterocycles. The summed E-state index contributed by atoms with van der Waals surface area (Å²) in [5, 5.41) is 12.8. The highest BCUT2D eigenvalue weighted by atomic mass is 35.5. The van der Waals surface area contributed by atoms with Crippen LogP contribution in [0.1, 0.15) is 11.1 Å². The molecule has 0 aliphatic carbocycles. The zero-order valence-corrected chi connectivity index (χ0v) is 13.0. The number of benzene rings is 2. The molecule has 0 radical (unpaired) electrons. The average Bonchev–Trinajstić information content (AvgIpc) is 2.51. The van der Waals surface area contributed by atoms with Crippen LogP contribution in [0, 0.1) is 0 Å². The van der Waals surface area contributed by atoms with Crippen molar-refractivity contribution in [2.24, 2.45) is 21.0 Å². The standard InChI is InChI=1S/C15H13Cl2N5/c16-13-7-5-11(6-8-13)9-19-21-15(18)22-20-10-12-3-1-2-4-14(12)17/h1-10H,(H3,18,21,22). The molecule has 0 bridgehead atoms. The molecule has 22 heavy (non-hydrogen) atoms. The Kier molecular flexibility index (Phi) is 5.94. The molecule has 2 rings (SSSR count). The third-order valence-corrected chi connectivity index (χ3v) is 3.13.